The summed E-state index contributed by atoms with van der Waals surface area (Å²) in [7, 11) is 0. The van der Waals surface area contributed by atoms with Crippen LogP contribution in [-0.4, -0.2) is 17.9 Å². The van der Waals surface area contributed by atoms with Crippen LogP contribution < -0.4 is 9.47 Å². The molecule has 0 bridgehead atoms. The van der Waals surface area contributed by atoms with Crippen molar-refractivity contribution in [3.05, 3.63) is 29.8 Å². The Morgan fingerprint density at radius 3 is 3.14 bits per heavy atom. The van der Waals surface area contributed by atoms with E-state index < -0.39 is 5.97 Å². The van der Waals surface area contributed by atoms with E-state index in [-0.39, 0.29) is 12.8 Å². The average Bonchev–Trinajstić information content (AvgIpc) is 2.60. The van der Waals surface area contributed by atoms with E-state index in [2.05, 4.69) is 0 Å². The number of hydrogen-bond donors (Lipinski definition) is 1. The fraction of sp³-hybridized carbons (Fsp3) is 0.100. The molecule has 72 valence electrons. The van der Waals surface area contributed by atoms with Crippen molar-refractivity contribution >= 4 is 12.0 Å². The Hall–Kier alpha value is -1.97. The van der Waals surface area contributed by atoms with E-state index >= 15 is 0 Å². The molecule has 0 spiro atoms. The van der Waals surface area contributed by atoms with Gasteiger partial charge in [0.15, 0.2) is 11.5 Å². The average molecular weight is 193 g/mol. The Balaban J connectivity index is 2.36. The number of carboxylic acids is 1. The van der Waals surface area contributed by atoms with Gasteiger partial charge < -0.3 is 14.6 Å². The van der Waals surface area contributed by atoms with Crippen LogP contribution in [0, 0.1) is 0 Å². The highest BCUT2D eigenvalue weighted by Crippen LogP contribution is 2.32. The molecule has 1 N–H and O–H groups in total. The molecule has 4 heteroatoms. The minimum atomic E-state index is -1.05. The minimum absolute atomic E-state index is 0.140. The smallest absolute Gasteiger partial charge is 0.328 e. The summed E-state index contributed by atoms with van der Waals surface area (Å²) >= 11 is 0. The molecule has 1 heterocycles. The number of carboxylic acid groups (broad SMARTS) is 1. The lowest BCUT2D eigenvalue weighted by molar-refractivity contribution is -0.131. The summed E-state index contributed by atoms with van der Waals surface area (Å²) in [6.07, 6.45) is 2.34. The van der Waals surface area contributed by atoms with Crippen molar-refractivity contribution < 1.29 is 20.7 Å². The van der Waals surface area contributed by atoms with Gasteiger partial charge in [-0.25, -0.2) is 4.79 Å². The second kappa shape index (κ2) is 3.41. The van der Waals surface area contributed by atoms with Crippen molar-refractivity contribution in [2.75, 3.05) is 6.79 Å². The van der Waals surface area contributed by atoms with E-state index in [9.17, 15) is 4.79 Å². The molecular weight excluding hydrogens is 184 g/mol. The zero-order chi connectivity index (χ0) is 10.8. The van der Waals surface area contributed by atoms with E-state index in [1.807, 2.05) is 0 Å². The lowest BCUT2D eigenvalue weighted by Gasteiger charge is -1.96. The zero-order valence-corrected chi connectivity index (χ0v) is 7.19. The van der Waals surface area contributed by atoms with Gasteiger partial charge in [-0.2, -0.15) is 0 Å². The van der Waals surface area contributed by atoms with Crippen LogP contribution in [0.5, 0.6) is 11.5 Å². The van der Waals surface area contributed by atoms with Gasteiger partial charge in [0.05, 0.1) is 1.37 Å². The van der Waals surface area contributed by atoms with Crippen LogP contribution in [-0.2, 0) is 4.79 Å². The maximum atomic E-state index is 10.3. The fourth-order valence-corrected chi connectivity index (χ4v) is 1.11. The molecule has 0 fully saturated rings. The molecule has 2 rings (SSSR count). The summed E-state index contributed by atoms with van der Waals surface area (Å²) in [5.74, 6) is 0.00980. The third-order valence-corrected chi connectivity index (χ3v) is 1.73. The standard InChI is InChI=1S/C10H8O4/c11-10(12)4-2-7-1-3-8-9(5-7)14-6-13-8/h1-5H,6H2,(H,11,12)/i1D. The van der Waals surface area contributed by atoms with Crippen LogP contribution in [0.25, 0.3) is 6.08 Å². The fourth-order valence-electron chi connectivity index (χ4n) is 1.11. The van der Waals surface area contributed by atoms with Crippen LogP contribution in [0.4, 0.5) is 0 Å². The summed E-state index contributed by atoms with van der Waals surface area (Å²) in [6.45, 7) is 0.140. The maximum Gasteiger partial charge on any atom is 0.328 e. The van der Waals surface area contributed by atoms with Gasteiger partial charge in [-0.1, -0.05) is 6.04 Å². The molecule has 1 aromatic carbocycles. The first kappa shape index (κ1) is 7.44. The van der Waals surface area contributed by atoms with Crippen molar-refractivity contribution in [2.45, 2.75) is 0 Å². The summed E-state index contributed by atoms with van der Waals surface area (Å²) in [4.78, 5) is 10.3. The highest BCUT2D eigenvalue weighted by atomic mass is 16.7. The number of fused-ring (bicyclic) bond motifs is 1. The second-order valence-corrected chi connectivity index (χ2v) is 2.69. The van der Waals surface area contributed by atoms with Crippen LogP contribution in [0.3, 0.4) is 0 Å². The normalized spacial score (nSPS) is 14.4. The van der Waals surface area contributed by atoms with Crippen LogP contribution in [0.2, 0.25) is 0 Å². The molecule has 1 aromatic rings. The molecule has 14 heavy (non-hydrogen) atoms. The van der Waals surface area contributed by atoms with Crippen molar-refractivity contribution in [1.82, 2.24) is 0 Å². The summed E-state index contributed by atoms with van der Waals surface area (Å²) < 4.78 is 17.8. The predicted molar refractivity (Wildman–Crippen MR) is 49.2 cm³/mol. The van der Waals surface area contributed by atoms with Gasteiger partial charge >= 0.3 is 5.97 Å². The molecule has 0 unspecified atom stereocenters. The number of carbonyl (C=O) groups is 1. The molecule has 1 aliphatic rings. The molecule has 0 aromatic heterocycles. The van der Waals surface area contributed by atoms with E-state index in [1.165, 1.54) is 12.1 Å². The lowest BCUT2D eigenvalue weighted by Crippen LogP contribution is -1.92. The van der Waals surface area contributed by atoms with Crippen molar-refractivity contribution in [3.63, 3.8) is 0 Å². The summed E-state index contributed by atoms with van der Waals surface area (Å²) in [6, 6.07) is 3.30. The topological polar surface area (TPSA) is 55.8 Å². The molecular formula is C10H8O4. The molecule has 0 saturated heterocycles. The van der Waals surface area contributed by atoms with Crippen molar-refractivity contribution in [3.8, 4) is 11.5 Å². The molecule has 4 nitrogen and oxygen atoms in total. The molecule has 0 amide bonds. The third kappa shape index (κ3) is 1.69. The van der Waals surface area contributed by atoms with Gasteiger partial charge in [0.25, 0.3) is 0 Å². The Kier molecular flexibility index (Phi) is 1.81. The molecule has 0 radical (unpaired) electrons. The number of ether oxygens (including phenoxy) is 2. The number of hydrogen-bond acceptors (Lipinski definition) is 3. The van der Waals surface area contributed by atoms with E-state index in [0.29, 0.717) is 17.1 Å². The number of benzene rings is 1. The van der Waals surface area contributed by atoms with E-state index in [4.69, 9.17) is 16.0 Å². The zero-order valence-electron chi connectivity index (χ0n) is 8.19. The second-order valence-electron chi connectivity index (χ2n) is 2.69. The lowest BCUT2D eigenvalue weighted by atomic mass is 10.2. The Labute approximate surface area is 81.8 Å². The predicted octanol–water partition coefficient (Wildman–Crippen LogP) is 1.51. The van der Waals surface area contributed by atoms with Gasteiger partial charge in [-0.15, -0.1) is 0 Å². The van der Waals surface area contributed by atoms with Crippen molar-refractivity contribution in [2.24, 2.45) is 0 Å². The van der Waals surface area contributed by atoms with Crippen LogP contribution in [0.15, 0.2) is 24.3 Å². The van der Waals surface area contributed by atoms with Crippen molar-refractivity contribution in [1.29, 1.82) is 0 Å². The Morgan fingerprint density at radius 2 is 2.36 bits per heavy atom. The first-order chi connectivity index (χ1) is 7.16. The van der Waals surface area contributed by atoms with Gasteiger partial charge in [-0.3, -0.25) is 0 Å². The number of rotatable bonds is 2. The van der Waals surface area contributed by atoms with Gasteiger partial charge in [0, 0.05) is 6.08 Å². The maximum absolute atomic E-state index is 10.3. The highest BCUT2D eigenvalue weighted by molar-refractivity contribution is 5.85. The van der Waals surface area contributed by atoms with E-state index in [0.717, 1.165) is 6.08 Å². The SMILES string of the molecule is [2H]c1cc2c(cc1C=CC(=O)O)OCO2. The monoisotopic (exact) mass is 193 g/mol. The first-order valence-electron chi connectivity index (χ1n) is 4.48. The Bertz CT molecular complexity index is 439. The van der Waals surface area contributed by atoms with Gasteiger partial charge in [0.2, 0.25) is 6.79 Å². The Morgan fingerprint density at radius 1 is 1.57 bits per heavy atom. The molecule has 1 aliphatic heterocycles. The van der Waals surface area contributed by atoms with Gasteiger partial charge in [0.1, 0.15) is 0 Å². The largest absolute Gasteiger partial charge is 0.478 e. The minimum Gasteiger partial charge on any atom is -0.478 e. The molecule has 0 saturated carbocycles. The molecule has 0 aliphatic carbocycles. The number of aliphatic carboxylic acids is 1. The first-order valence-corrected chi connectivity index (χ1v) is 3.98. The highest BCUT2D eigenvalue weighted by Gasteiger charge is 2.12. The quantitative estimate of drug-likeness (QED) is 0.723. The van der Waals surface area contributed by atoms with Gasteiger partial charge in [-0.05, 0) is 23.8 Å². The van der Waals surface area contributed by atoms with E-state index in [1.54, 1.807) is 6.07 Å². The van der Waals surface area contributed by atoms with Crippen LogP contribution >= 0.6 is 0 Å². The molecule has 0 atom stereocenters. The van der Waals surface area contributed by atoms with Crippen LogP contribution in [0.1, 0.15) is 6.93 Å². The summed E-state index contributed by atoms with van der Waals surface area (Å²) in [5.41, 5.74) is 0.488. The summed E-state index contributed by atoms with van der Waals surface area (Å²) in [5, 5.41) is 8.46. The third-order valence-electron chi connectivity index (χ3n) is 1.73.